The number of amides is 1. The summed E-state index contributed by atoms with van der Waals surface area (Å²) in [6, 6.07) is 19.4. The third-order valence-electron chi connectivity index (χ3n) is 3.61. The summed E-state index contributed by atoms with van der Waals surface area (Å²) < 4.78 is 5.75. The molecule has 3 aromatic rings. The summed E-state index contributed by atoms with van der Waals surface area (Å²) in [5.74, 6) is 5.49. The molecule has 0 radical (unpaired) electrons. The molecule has 0 aliphatic rings. The van der Waals surface area contributed by atoms with Gasteiger partial charge < -0.3 is 4.74 Å². The Morgan fingerprint density at radius 3 is 2.58 bits per heavy atom. The Balaban J connectivity index is 1.59. The van der Waals surface area contributed by atoms with Crippen molar-refractivity contribution in [2.45, 2.75) is 6.42 Å². The Morgan fingerprint density at radius 2 is 1.88 bits per heavy atom. The number of benzene rings is 2. The van der Waals surface area contributed by atoms with Crippen LogP contribution in [-0.2, 0) is 6.42 Å². The monoisotopic (exact) mass is 322 g/mol. The van der Waals surface area contributed by atoms with Gasteiger partial charge in [0, 0.05) is 12.0 Å². The Kier molecular flexibility index (Phi) is 4.88. The van der Waals surface area contributed by atoms with E-state index in [4.69, 9.17) is 10.6 Å². The van der Waals surface area contributed by atoms with Crippen molar-refractivity contribution in [1.29, 1.82) is 0 Å². The predicted octanol–water partition coefficient (Wildman–Crippen LogP) is 2.30. The molecule has 3 rings (SSSR count). The van der Waals surface area contributed by atoms with Gasteiger partial charge >= 0.3 is 0 Å². The zero-order valence-electron chi connectivity index (χ0n) is 13.0. The van der Waals surface area contributed by atoms with Crippen molar-refractivity contribution in [2.24, 2.45) is 5.84 Å². The number of ether oxygens (including phenoxy) is 1. The predicted molar refractivity (Wildman–Crippen MR) is 91.3 cm³/mol. The summed E-state index contributed by atoms with van der Waals surface area (Å²) in [6.07, 6.45) is 0.861. The minimum Gasteiger partial charge on any atom is -0.493 e. The molecule has 1 heterocycles. The summed E-state index contributed by atoms with van der Waals surface area (Å²) in [5.41, 5.74) is 5.18. The maximum Gasteiger partial charge on any atom is 0.283 e. The fourth-order valence-electron chi connectivity index (χ4n) is 2.32. The molecule has 0 atom stereocenters. The van der Waals surface area contributed by atoms with Crippen molar-refractivity contribution in [3.05, 3.63) is 71.9 Å². The fourth-order valence-corrected chi connectivity index (χ4v) is 2.32. The first-order valence-corrected chi connectivity index (χ1v) is 7.60. The number of H-pyrrole nitrogens is 1. The third kappa shape index (κ3) is 3.80. The number of nitrogen functional groups attached to an aromatic ring is 1. The zero-order valence-corrected chi connectivity index (χ0v) is 13.0. The molecule has 0 spiro atoms. The normalized spacial score (nSPS) is 10.4. The quantitative estimate of drug-likeness (QED) is 0.369. The van der Waals surface area contributed by atoms with Crippen molar-refractivity contribution >= 4 is 5.91 Å². The fraction of sp³-hybridized carbons (Fsp3) is 0.111. The summed E-state index contributed by atoms with van der Waals surface area (Å²) in [5, 5.41) is 6.75. The van der Waals surface area contributed by atoms with E-state index < -0.39 is 5.91 Å². The van der Waals surface area contributed by atoms with Crippen LogP contribution >= 0.6 is 0 Å². The molecule has 0 saturated heterocycles. The van der Waals surface area contributed by atoms with E-state index in [1.54, 1.807) is 6.07 Å². The van der Waals surface area contributed by atoms with Crippen molar-refractivity contribution in [3.8, 4) is 17.0 Å². The Morgan fingerprint density at radius 1 is 1.12 bits per heavy atom. The summed E-state index contributed by atoms with van der Waals surface area (Å²) >= 11 is 0. The minimum absolute atomic E-state index is 0.315. The van der Waals surface area contributed by atoms with Gasteiger partial charge in [-0.2, -0.15) is 5.10 Å². The molecule has 0 saturated carbocycles. The number of hydrogen-bond donors (Lipinski definition) is 3. The van der Waals surface area contributed by atoms with E-state index in [2.05, 4.69) is 27.8 Å². The number of nitrogens with two attached hydrogens (primary N) is 1. The van der Waals surface area contributed by atoms with Gasteiger partial charge in [0.1, 0.15) is 11.4 Å². The number of nitrogens with zero attached hydrogens (tertiary/aromatic N) is 1. The second kappa shape index (κ2) is 7.43. The van der Waals surface area contributed by atoms with Crippen LogP contribution in [0.3, 0.4) is 0 Å². The molecular weight excluding hydrogens is 304 g/mol. The second-order valence-electron chi connectivity index (χ2n) is 5.25. The van der Waals surface area contributed by atoms with E-state index >= 15 is 0 Å². The first-order chi connectivity index (χ1) is 11.8. The van der Waals surface area contributed by atoms with Gasteiger partial charge in [0.2, 0.25) is 0 Å². The molecule has 4 N–H and O–H groups in total. The Hall–Kier alpha value is -3.12. The van der Waals surface area contributed by atoms with Gasteiger partial charge in [-0.15, -0.1) is 0 Å². The molecular formula is C18H18N4O2. The second-order valence-corrected chi connectivity index (χ2v) is 5.25. The lowest BCUT2D eigenvalue weighted by Crippen LogP contribution is -2.30. The van der Waals surface area contributed by atoms with Crippen LogP contribution in [0.25, 0.3) is 11.3 Å². The lowest BCUT2D eigenvalue weighted by Gasteiger charge is -2.06. The van der Waals surface area contributed by atoms with Gasteiger partial charge in [0.05, 0.1) is 12.3 Å². The molecule has 24 heavy (non-hydrogen) atoms. The molecule has 6 nitrogen and oxygen atoms in total. The van der Waals surface area contributed by atoms with Crippen molar-refractivity contribution in [1.82, 2.24) is 15.6 Å². The van der Waals surface area contributed by atoms with Crippen molar-refractivity contribution in [2.75, 3.05) is 6.61 Å². The number of carbonyl (C=O) groups is 1. The van der Waals surface area contributed by atoms with Gasteiger partial charge in [0.25, 0.3) is 5.91 Å². The van der Waals surface area contributed by atoms with E-state index in [-0.39, 0.29) is 0 Å². The van der Waals surface area contributed by atoms with Gasteiger partial charge in [-0.3, -0.25) is 15.3 Å². The van der Waals surface area contributed by atoms with E-state index in [1.807, 2.05) is 42.5 Å². The zero-order chi connectivity index (χ0) is 16.8. The standard InChI is InChI=1S/C18H18N4O2/c19-20-18(23)17-12-16(21-22-17)14-6-8-15(9-7-14)24-11-10-13-4-2-1-3-5-13/h1-9,12H,10-11,19H2,(H,20,23)(H,21,22). The van der Waals surface area contributed by atoms with E-state index in [0.29, 0.717) is 18.0 Å². The van der Waals surface area contributed by atoms with Gasteiger partial charge in [-0.1, -0.05) is 30.3 Å². The summed E-state index contributed by atoms with van der Waals surface area (Å²) in [4.78, 5) is 11.4. The van der Waals surface area contributed by atoms with E-state index in [1.165, 1.54) is 5.56 Å². The van der Waals surface area contributed by atoms with Gasteiger partial charge in [0.15, 0.2) is 0 Å². The van der Waals surface area contributed by atoms with Crippen LogP contribution in [-0.4, -0.2) is 22.7 Å². The maximum absolute atomic E-state index is 11.4. The number of hydrogen-bond acceptors (Lipinski definition) is 4. The highest BCUT2D eigenvalue weighted by atomic mass is 16.5. The Bertz CT molecular complexity index is 797. The van der Waals surface area contributed by atoms with E-state index in [0.717, 1.165) is 17.7 Å². The molecule has 0 bridgehead atoms. The highest BCUT2D eigenvalue weighted by molar-refractivity contribution is 5.92. The van der Waals surface area contributed by atoms with Crippen LogP contribution < -0.4 is 16.0 Å². The molecule has 0 fully saturated rings. The molecule has 0 aliphatic heterocycles. The SMILES string of the molecule is NNC(=O)c1cc(-c2ccc(OCCc3ccccc3)cc2)n[nH]1. The van der Waals surface area contributed by atoms with Crippen LogP contribution in [0, 0.1) is 0 Å². The maximum atomic E-state index is 11.4. The molecule has 122 valence electrons. The first kappa shape index (κ1) is 15.8. The molecule has 0 unspecified atom stereocenters. The molecule has 1 amide bonds. The largest absolute Gasteiger partial charge is 0.493 e. The number of nitrogens with one attached hydrogen (secondary N) is 2. The number of hydrazine groups is 1. The van der Waals surface area contributed by atoms with Crippen LogP contribution in [0.5, 0.6) is 5.75 Å². The highest BCUT2D eigenvalue weighted by Gasteiger charge is 2.09. The van der Waals surface area contributed by atoms with Crippen LogP contribution in [0.4, 0.5) is 0 Å². The number of aromatic nitrogens is 2. The number of aromatic amines is 1. The minimum atomic E-state index is -0.408. The van der Waals surface area contributed by atoms with Crippen LogP contribution in [0.2, 0.25) is 0 Å². The summed E-state index contributed by atoms with van der Waals surface area (Å²) in [6.45, 7) is 0.618. The van der Waals surface area contributed by atoms with Crippen LogP contribution in [0.1, 0.15) is 16.1 Å². The lowest BCUT2D eigenvalue weighted by molar-refractivity contribution is 0.0948. The van der Waals surface area contributed by atoms with Crippen LogP contribution in [0.15, 0.2) is 60.7 Å². The molecule has 2 aromatic carbocycles. The topological polar surface area (TPSA) is 93.0 Å². The van der Waals surface area contributed by atoms with E-state index in [9.17, 15) is 4.79 Å². The van der Waals surface area contributed by atoms with Crippen molar-refractivity contribution < 1.29 is 9.53 Å². The van der Waals surface area contributed by atoms with Gasteiger partial charge in [-0.25, -0.2) is 5.84 Å². The number of rotatable bonds is 6. The van der Waals surface area contributed by atoms with Gasteiger partial charge in [-0.05, 0) is 35.9 Å². The van der Waals surface area contributed by atoms with Crippen molar-refractivity contribution in [3.63, 3.8) is 0 Å². The highest BCUT2D eigenvalue weighted by Crippen LogP contribution is 2.21. The third-order valence-corrected chi connectivity index (χ3v) is 3.61. The summed E-state index contributed by atoms with van der Waals surface area (Å²) in [7, 11) is 0. The Labute approximate surface area is 139 Å². The number of carbonyl (C=O) groups excluding carboxylic acids is 1. The lowest BCUT2D eigenvalue weighted by atomic mass is 10.1. The first-order valence-electron chi connectivity index (χ1n) is 7.60. The average molecular weight is 322 g/mol. The molecule has 6 heteroatoms. The molecule has 1 aromatic heterocycles. The molecule has 0 aliphatic carbocycles. The smallest absolute Gasteiger partial charge is 0.283 e. The average Bonchev–Trinajstić information content (AvgIpc) is 3.13.